The number of nitrogens with zero attached hydrogens (tertiary/aromatic N) is 1. The van der Waals surface area contributed by atoms with E-state index in [1.807, 2.05) is 38.1 Å². The van der Waals surface area contributed by atoms with Crippen LogP contribution in [0.4, 0.5) is 0 Å². The summed E-state index contributed by atoms with van der Waals surface area (Å²) in [5.74, 6) is -0.0633. The number of benzene rings is 1. The van der Waals surface area contributed by atoms with Crippen LogP contribution in [0.2, 0.25) is 0 Å². The van der Waals surface area contributed by atoms with Gasteiger partial charge in [0.15, 0.2) is 0 Å². The van der Waals surface area contributed by atoms with E-state index in [0.29, 0.717) is 45.7 Å². The number of ether oxygens (including phenoxy) is 1. The van der Waals surface area contributed by atoms with Crippen molar-refractivity contribution in [2.45, 2.75) is 38.9 Å². The van der Waals surface area contributed by atoms with E-state index >= 15 is 0 Å². The monoisotopic (exact) mass is 382 g/mol. The minimum absolute atomic E-state index is 0.0154. The zero-order chi connectivity index (χ0) is 19.0. The summed E-state index contributed by atoms with van der Waals surface area (Å²) in [7, 11) is -3.34. The number of hydrogen-bond acceptors (Lipinski definition) is 4. The third-order valence-electron chi connectivity index (χ3n) is 4.66. The third kappa shape index (κ3) is 6.37. The lowest BCUT2D eigenvalue weighted by Gasteiger charge is -2.30. The molecule has 7 heteroatoms. The van der Waals surface area contributed by atoms with Crippen molar-refractivity contribution in [3.63, 3.8) is 0 Å². The fraction of sp³-hybridized carbons (Fsp3) is 0.632. The van der Waals surface area contributed by atoms with Crippen LogP contribution in [0.15, 0.2) is 24.3 Å². The Bertz CT molecular complexity index is 665. The van der Waals surface area contributed by atoms with Gasteiger partial charge in [0, 0.05) is 38.8 Å². The summed E-state index contributed by atoms with van der Waals surface area (Å²) >= 11 is 0. The maximum absolute atomic E-state index is 12.6. The number of hydrogen-bond donors (Lipinski definition) is 1. The molecule has 0 aromatic heterocycles. The molecule has 0 saturated carbocycles. The highest BCUT2D eigenvalue weighted by molar-refractivity contribution is 7.88. The zero-order valence-corrected chi connectivity index (χ0v) is 16.6. The highest BCUT2D eigenvalue weighted by Gasteiger charge is 2.30. The predicted octanol–water partition coefficient (Wildman–Crippen LogP) is 2.08. The predicted molar refractivity (Wildman–Crippen MR) is 102 cm³/mol. The molecule has 0 spiro atoms. The molecule has 1 fully saturated rings. The van der Waals surface area contributed by atoms with Gasteiger partial charge in [-0.25, -0.2) is 12.7 Å². The largest absolute Gasteiger partial charge is 0.382 e. The summed E-state index contributed by atoms with van der Waals surface area (Å²) in [6, 6.07) is 7.56. The van der Waals surface area contributed by atoms with Crippen molar-refractivity contribution in [3.8, 4) is 0 Å². The first-order chi connectivity index (χ1) is 12.4. The first-order valence-electron chi connectivity index (χ1n) is 9.31. The van der Waals surface area contributed by atoms with Gasteiger partial charge in [0.2, 0.25) is 15.9 Å². The molecule has 0 atom stereocenters. The minimum atomic E-state index is -3.34. The molecule has 0 bridgehead atoms. The fourth-order valence-electron chi connectivity index (χ4n) is 3.06. The number of amides is 1. The molecule has 1 heterocycles. The van der Waals surface area contributed by atoms with Crippen molar-refractivity contribution in [2.75, 3.05) is 32.8 Å². The number of aryl methyl sites for hydroxylation is 1. The Labute approximate surface area is 157 Å². The summed E-state index contributed by atoms with van der Waals surface area (Å²) in [5, 5.41) is 2.92. The lowest BCUT2D eigenvalue weighted by atomic mass is 9.97. The molecule has 1 amide bonds. The average molecular weight is 383 g/mol. The minimum Gasteiger partial charge on any atom is -0.382 e. The van der Waals surface area contributed by atoms with Gasteiger partial charge in [-0.15, -0.1) is 0 Å². The SMILES string of the molecule is CCOCCCNC(=O)C1CCN(S(=O)(=O)Cc2ccc(C)cc2)CC1. The van der Waals surface area contributed by atoms with Gasteiger partial charge in [-0.1, -0.05) is 29.8 Å². The van der Waals surface area contributed by atoms with E-state index in [-0.39, 0.29) is 17.6 Å². The molecule has 1 aliphatic heterocycles. The average Bonchev–Trinajstić information content (AvgIpc) is 2.63. The molecule has 1 aromatic carbocycles. The van der Waals surface area contributed by atoms with Crippen LogP contribution >= 0.6 is 0 Å². The van der Waals surface area contributed by atoms with Gasteiger partial charge in [-0.05, 0) is 38.7 Å². The Balaban J connectivity index is 1.77. The van der Waals surface area contributed by atoms with E-state index < -0.39 is 10.0 Å². The van der Waals surface area contributed by atoms with Crippen molar-refractivity contribution in [1.29, 1.82) is 0 Å². The second kappa shape index (κ2) is 10.0. The van der Waals surface area contributed by atoms with Crippen LogP contribution in [0.1, 0.15) is 37.3 Å². The van der Waals surface area contributed by atoms with Crippen LogP contribution in [0.5, 0.6) is 0 Å². The van der Waals surface area contributed by atoms with Gasteiger partial charge in [0.1, 0.15) is 0 Å². The molecule has 26 heavy (non-hydrogen) atoms. The van der Waals surface area contributed by atoms with Crippen molar-refractivity contribution in [1.82, 2.24) is 9.62 Å². The van der Waals surface area contributed by atoms with Crippen molar-refractivity contribution in [2.24, 2.45) is 5.92 Å². The van der Waals surface area contributed by atoms with E-state index in [4.69, 9.17) is 4.74 Å². The normalized spacial score (nSPS) is 16.5. The van der Waals surface area contributed by atoms with Crippen LogP contribution in [0, 0.1) is 12.8 Å². The highest BCUT2D eigenvalue weighted by atomic mass is 32.2. The van der Waals surface area contributed by atoms with Gasteiger partial charge >= 0.3 is 0 Å². The highest BCUT2D eigenvalue weighted by Crippen LogP contribution is 2.22. The Morgan fingerprint density at radius 3 is 2.50 bits per heavy atom. The van der Waals surface area contributed by atoms with Gasteiger partial charge in [-0.2, -0.15) is 0 Å². The lowest BCUT2D eigenvalue weighted by molar-refractivity contribution is -0.126. The molecule has 0 aliphatic carbocycles. The number of sulfonamides is 1. The van der Waals surface area contributed by atoms with Gasteiger partial charge in [-0.3, -0.25) is 4.79 Å². The molecule has 0 unspecified atom stereocenters. The van der Waals surface area contributed by atoms with E-state index in [1.165, 1.54) is 4.31 Å². The number of nitrogens with one attached hydrogen (secondary N) is 1. The third-order valence-corrected chi connectivity index (χ3v) is 6.51. The Hall–Kier alpha value is -1.44. The second-order valence-electron chi connectivity index (χ2n) is 6.76. The molecule has 1 aliphatic rings. The Kier molecular flexibility index (Phi) is 8.06. The quantitative estimate of drug-likeness (QED) is 0.664. The van der Waals surface area contributed by atoms with E-state index in [0.717, 1.165) is 17.5 Å². The van der Waals surface area contributed by atoms with Crippen LogP contribution in [-0.4, -0.2) is 51.5 Å². The Morgan fingerprint density at radius 2 is 1.88 bits per heavy atom. The van der Waals surface area contributed by atoms with Gasteiger partial charge in [0.25, 0.3) is 0 Å². The summed E-state index contributed by atoms with van der Waals surface area (Å²) in [5.41, 5.74) is 1.91. The molecule has 146 valence electrons. The molecule has 0 radical (unpaired) electrons. The molecule has 6 nitrogen and oxygen atoms in total. The fourth-order valence-corrected chi connectivity index (χ4v) is 4.62. The zero-order valence-electron chi connectivity index (χ0n) is 15.7. The maximum atomic E-state index is 12.6. The van der Waals surface area contributed by atoms with E-state index in [2.05, 4.69) is 5.32 Å². The van der Waals surface area contributed by atoms with Gasteiger partial charge < -0.3 is 10.1 Å². The second-order valence-corrected chi connectivity index (χ2v) is 8.73. The van der Waals surface area contributed by atoms with Crippen molar-refractivity contribution >= 4 is 15.9 Å². The van der Waals surface area contributed by atoms with Crippen LogP contribution < -0.4 is 5.32 Å². The van der Waals surface area contributed by atoms with E-state index in [1.54, 1.807) is 0 Å². The van der Waals surface area contributed by atoms with E-state index in [9.17, 15) is 13.2 Å². The molecule has 1 saturated heterocycles. The number of carbonyl (C=O) groups excluding carboxylic acids is 1. The van der Waals surface area contributed by atoms with Gasteiger partial charge in [0.05, 0.1) is 5.75 Å². The lowest BCUT2D eigenvalue weighted by Crippen LogP contribution is -2.43. The number of rotatable bonds is 9. The standard InChI is InChI=1S/C19H30N2O4S/c1-3-25-14-4-11-20-19(22)18-9-12-21(13-10-18)26(23,24)15-17-7-5-16(2)6-8-17/h5-8,18H,3-4,9-15H2,1-2H3,(H,20,22). The topological polar surface area (TPSA) is 75.7 Å². The summed E-state index contributed by atoms with van der Waals surface area (Å²) in [6.45, 7) is 6.67. The van der Waals surface area contributed by atoms with Crippen molar-refractivity contribution in [3.05, 3.63) is 35.4 Å². The van der Waals surface area contributed by atoms with Crippen LogP contribution in [0.25, 0.3) is 0 Å². The molecule has 1 aromatic rings. The van der Waals surface area contributed by atoms with Crippen LogP contribution in [0.3, 0.4) is 0 Å². The summed E-state index contributed by atoms with van der Waals surface area (Å²) < 4.78 is 32.0. The smallest absolute Gasteiger partial charge is 0.223 e. The first kappa shape index (κ1) is 20.9. The molecular weight excluding hydrogens is 352 g/mol. The first-order valence-corrected chi connectivity index (χ1v) is 10.9. The summed E-state index contributed by atoms with van der Waals surface area (Å²) in [4.78, 5) is 12.2. The number of carbonyl (C=O) groups is 1. The molecule has 1 N–H and O–H groups in total. The summed E-state index contributed by atoms with van der Waals surface area (Å²) in [6.07, 6.45) is 1.94. The van der Waals surface area contributed by atoms with Crippen molar-refractivity contribution < 1.29 is 17.9 Å². The Morgan fingerprint density at radius 1 is 1.23 bits per heavy atom. The van der Waals surface area contributed by atoms with Crippen LogP contribution in [-0.2, 0) is 25.3 Å². The maximum Gasteiger partial charge on any atom is 0.223 e. The number of piperidine rings is 1. The molecular formula is C19H30N2O4S. The molecule has 2 rings (SSSR count).